The van der Waals surface area contributed by atoms with Crippen LogP contribution in [-0.2, 0) is 6.42 Å². The van der Waals surface area contributed by atoms with Gasteiger partial charge in [0.25, 0.3) is 0 Å². The SMILES string of the molecule is Clc1ccc(Cc2nc(C3CCCCC3)n[nH]2)cc1Cl. The molecule has 0 aliphatic heterocycles. The van der Waals surface area contributed by atoms with Crippen molar-refractivity contribution in [1.82, 2.24) is 15.2 Å². The third-order valence-corrected chi connectivity index (χ3v) is 4.61. The highest BCUT2D eigenvalue weighted by Gasteiger charge is 2.19. The van der Waals surface area contributed by atoms with Gasteiger partial charge in [-0.25, -0.2) is 4.98 Å². The second-order valence-electron chi connectivity index (χ2n) is 5.40. The standard InChI is InChI=1S/C15H17Cl2N3/c16-12-7-6-10(8-13(12)17)9-14-18-15(20-19-14)11-4-2-1-3-5-11/h6-8,11H,1-5,9H2,(H,18,19,20). The summed E-state index contributed by atoms with van der Waals surface area (Å²) >= 11 is 12.0. The van der Waals surface area contributed by atoms with Gasteiger partial charge in [0.15, 0.2) is 5.82 Å². The fourth-order valence-electron chi connectivity index (χ4n) is 2.78. The van der Waals surface area contributed by atoms with Gasteiger partial charge < -0.3 is 0 Å². The third kappa shape index (κ3) is 3.15. The van der Waals surface area contributed by atoms with Gasteiger partial charge in [-0.2, -0.15) is 5.10 Å². The van der Waals surface area contributed by atoms with Gasteiger partial charge in [-0.05, 0) is 30.5 Å². The van der Waals surface area contributed by atoms with Crippen LogP contribution >= 0.6 is 23.2 Å². The molecule has 3 rings (SSSR count). The summed E-state index contributed by atoms with van der Waals surface area (Å²) in [4.78, 5) is 4.64. The van der Waals surface area contributed by atoms with Crippen LogP contribution in [0.3, 0.4) is 0 Å². The summed E-state index contributed by atoms with van der Waals surface area (Å²) in [5.41, 5.74) is 1.09. The van der Waals surface area contributed by atoms with E-state index in [9.17, 15) is 0 Å². The molecule has 0 amide bonds. The zero-order chi connectivity index (χ0) is 13.9. The number of halogens is 2. The van der Waals surface area contributed by atoms with E-state index in [-0.39, 0.29) is 0 Å². The van der Waals surface area contributed by atoms with Crippen molar-refractivity contribution in [2.24, 2.45) is 0 Å². The van der Waals surface area contributed by atoms with Crippen molar-refractivity contribution in [3.8, 4) is 0 Å². The lowest BCUT2D eigenvalue weighted by molar-refractivity contribution is 0.429. The smallest absolute Gasteiger partial charge is 0.153 e. The van der Waals surface area contributed by atoms with E-state index in [0.29, 0.717) is 22.4 Å². The minimum atomic E-state index is 0.530. The number of nitrogens with zero attached hydrogens (tertiary/aromatic N) is 2. The van der Waals surface area contributed by atoms with Crippen LogP contribution in [0.5, 0.6) is 0 Å². The van der Waals surface area contributed by atoms with Gasteiger partial charge in [0.1, 0.15) is 5.82 Å². The molecule has 1 aromatic heterocycles. The van der Waals surface area contributed by atoms with Crippen LogP contribution in [0, 0.1) is 0 Å². The van der Waals surface area contributed by atoms with Crippen molar-refractivity contribution >= 4 is 23.2 Å². The third-order valence-electron chi connectivity index (χ3n) is 3.87. The number of aromatic amines is 1. The predicted octanol–water partition coefficient (Wildman–Crippen LogP) is 4.75. The molecule has 20 heavy (non-hydrogen) atoms. The molecule has 1 aromatic carbocycles. The van der Waals surface area contributed by atoms with Crippen LogP contribution in [0.4, 0.5) is 0 Å². The zero-order valence-corrected chi connectivity index (χ0v) is 12.7. The number of benzene rings is 1. The first kappa shape index (κ1) is 13.9. The van der Waals surface area contributed by atoms with Gasteiger partial charge in [-0.15, -0.1) is 0 Å². The van der Waals surface area contributed by atoms with Crippen LogP contribution in [0.1, 0.15) is 55.2 Å². The van der Waals surface area contributed by atoms with Crippen molar-refractivity contribution in [2.45, 2.75) is 44.4 Å². The number of hydrogen-bond acceptors (Lipinski definition) is 2. The van der Waals surface area contributed by atoms with E-state index in [1.165, 1.54) is 32.1 Å². The Balaban J connectivity index is 1.71. The van der Waals surface area contributed by atoms with E-state index in [2.05, 4.69) is 15.2 Å². The first-order valence-electron chi connectivity index (χ1n) is 7.07. The van der Waals surface area contributed by atoms with Crippen molar-refractivity contribution in [1.29, 1.82) is 0 Å². The van der Waals surface area contributed by atoms with Gasteiger partial charge in [0, 0.05) is 12.3 Å². The summed E-state index contributed by atoms with van der Waals surface area (Å²) < 4.78 is 0. The van der Waals surface area contributed by atoms with E-state index in [4.69, 9.17) is 23.2 Å². The van der Waals surface area contributed by atoms with E-state index in [1.807, 2.05) is 18.2 Å². The highest BCUT2D eigenvalue weighted by atomic mass is 35.5. The average molecular weight is 310 g/mol. The first-order chi connectivity index (χ1) is 9.72. The van der Waals surface area contributed by atoms with Gasteiger partial charge >= 0.3 is 0 Å². The molecule has 1 aliphatic rings. The minimum Gasteiger partial charge on any atom is -0.263 e. The van der Waals surface area contributed by atoms with Crippen LogP contribution in [-0.4, -0.2) is 15.2 Å². The summed E-state index contributed by atoms with van der Waals surface area (Å²) in [5.74, 6) is 2.39. The highest BCUT2D eigenvalue weighted by Crippen LogP contribution is 2.30. The molecule has 1 N–H and O–H groups in total. The maximum Gasteiger partial charge on any atom is 0.153 e. The maximum atomic E-state index is 6.03. The molecule has 3 nitrogen and oxygen atoms in total. The maximum absolute atomic E-state index is 6.03. The summed E-state index contributed by atoms with van der Waals surface area (Å²) in [5, 5.41) is 8.59. The van der Waals surface area contributed by atoms with E-state index in [0.717, 1.165) is 17.2 Å². The second-order valence-corrected chi connectivity index (χ2v) is 6.21. The molecule has 1 saturated carbocycles. The highest BCUT2D eigenvalue weighted by molar-refractivity contribution is 6.42. The number of hydrogen-bond donors (Lipinski definition) is 1. The quantitative estimate of drug-likeness (QED) is 0.889. The molecule has 0 unspecified atom stereocenters. The van der Waals surface area contributed by atoms with Gasteiger partial charge in [0.05, 0.1) is 10.0 Å². The summed E-state index contributed by atoms with van der Waals surface area (Å²) in [7, 11) is 0. The average Bonchev–Trinajstić information content (AvgIpc) is 2.92. The van der Waals surface area contributed by atoms with Crippen molar-refractivity contribution < 1.29 is 0 Å². The normalized spacial score (nSPS) is 16.5. The molecule has 2 aromatic rings. The number of H-pyrrole nitrogens is 1. The molecule has 0 radical (unpaired) electrons. The molecule has 0 bridgehead atoms. The Labute approximate surface area is 128 Å². The molecule has 1 aliphatic carbocycles. The molecule has 0 saturated heterocycles. The summed E-state index contributed by atoms with van der Waals surface area (Å²) in [6.07, 6.45) is 7.06. The molecule has 0 spiro atoms. The molecule has 1 heterocycles. The molecular weight excluding hydrogens is 293 g/mol. The summed E-state index contributed by atoms with van der Waals surface area (Å²) in [6, 6.07) is 5.67. The minimum absolute atomic E-state index is 0.530. The molecule has 0 atom stereocenters. The molecular formula is C15H17Cl2N3. The predicted molar refractivity (Wildman–Crippen MR) is 81.5 cm³/mol. The van der Waals surface area contributed by atoms with Gasteiger partial charge in [-0.1, -0.05) is 48.5 Å². The first-order valence-corrected chi connectivity index (χ1v) is 7.83. The fourth-order valence-corrected chi connectivity index (χ4v) is 3.10. The Morgan fingerprint density at radius 2 is 1.90 bits per heavy atom. The Bertz CT molecular complexity index is 589. The van der Waals surface area contributed by atoms with Gasteiger partial charge in [0.2, 0.25) is 0 Å². The largest absolute Gasteiger partial charge is 0.263 e. The Kier molecular flexibility index (Phi) is 4.27. The summed E-state index contributed by atoms with van der Waals surface area (Å²) in [6.45, 7) is 0. The number of nitrogens with one attached hydrogen (secondary N) is 1. The molecule has 5 heteroatoms. The van der Waals surface area contributed by atoms with Crippen LogP contribution < -0.4 is 0 Å². The fraction of sp³-hybridized carbons (Fsp3) is 0.467. The number of aromatic nitrogens is 3. The van der Waals surface area contributed by atoms with Crippen LogP contribution in [0.25, 0.3) is 0 Å². The monoisotopic (exact) mass is 309 g/mol. The Morgan fingerprint density at radius 3 is 2.65 bits per heavy atom. The zero-order valence-electron chi connectivity index (χ0n) is 11.2. The van der Waals surface area contributed by atoms with Gasteiger partial charge in [-0.3, -0.25) is 5.10 Å². The van der Waals surface area contributed by atoms with E-state index in [1.54, 1.807) is 0 Å². The van der Waals surface area contributed by atoms with Crippen molar-refractivity contribution in [3.05, 3.63) is 45.5 Å². The van der Waals surface area contributed by atoms with Crippen molar-refractivity contribution in [2.75, 3.05) is 0 Å². The number of rotatable bonds is 3. The second kappa shape index (κ2) is 6.15. The molecule has 1 fully saturated rings. The lowest BCUT2D eigenvalue weighted by atomic mass is 9.89. The lowest BCUT2D eigenvalue weighted by Crippen LogP contribution is -2.06. The van der Waals surface area contributed by atoms with E-state index < -0.39 is 0 Å². The topological polar surface area (TPSA) is 41.6 Å². The van der Waals surface area contributed by atoms with E-state index >= 15 is 0 Å². The Hall–Kier alpha value is -1.06. The van der Waals surface area contributed by atoms with Crippen LogP contribution in [0.2, 0.25) is 10.0 Å². The molecule has 106 valence electrons. The van der Waals surface area contributed by atoms with Crippen molar-refractivity contribution in [3.63, 3.8) is 0 Å². The lowest BCUT2D eigenvalue weighted by Gasteiger charge is -2.18. The van der Waals surface area contributed by atoms with Crippen LogP contribution in [0.15, 0.2) is 18.2 Å². The Morgan fingerprint density at radius 1 is 1.10 bits per heavy atom.